The first-order valence-electron chi connectivity index (χ1n) is 9.57. The van der Waals surface area contributed by atoms with Gasteiger partial charge in [0.25, 0.3) is 0 Å². The van der Waals surface area contributed by atoms with Gasteiger partial charge in [0.2, 0.25) is 5.91 Å². The lowest BCUT2D eigenvalue weighted by Crippen LogP contribution is -2.31. The molecule has 1 N–H and O–H groups in total. The molecular formula is C23H26FNO. The molecule has 1 saturated carbocycles. The van der Waals surface area contributed by atoms with Gasteiger partial charge in [-0.2, -0.15) is 0 Å². The second-order valence-corrected chi connectivity index (χ2v) is 7.98. The molecule has 0 unspecified atom stereocenters. The van der Waals surface area contributed by atoms with Crippen LogP contribution >= 0.6 is 0 Å². The summed E-state index contributed by atoms with van der Waals surface area (Å²) in [5.41, 5.74) is 4.84. The monoisotopic (exact) mass is 351 g/mol. The number of carbonyl (C=O) groups excluding carboxylic acids is 1. The molecule has 3 heteroatoms. The number of benzene rings is 2. The van der Waals surface area contributed by atoms with Crippen LogP contribution in [0, 0.1) is 13.8 Å². The van der Waals surface area contributed by atoms with E-state index < -0.39 is 17.5 Å². The Hall–Kier alpha value is -2.16. The van der Waals surface area contributed by atoms with E-state index in [2.05, 4.69) is 24.4 Å². The number of hydrogen-bond donors (Lipinski definition) is 1. The summed E-state index contributed by atoms with van der Waals surface area (Å²) in [6, 6.07) is 12.3. The Morgan fingerprint density at radius 2 is 1.85 bits per heavy atom. The summed E-state index contributed by atoms with van der Waals surface area (Å²) < 4.78 is 14.4. The predicted molar refractivity (Wildman–Crippen MR) is 104 cm³/mol. The van der Waals surface area contributed by atoms with E-state index in [-0.39, 0.29) is 5.91 Å². The molecule has 2 aromatic rings. The second kappa shape index (κ2) is 5.94. The Labute approximate surface area is 154 Å². The fourth-order valence-corrected chi connectivity index (χ4v) is 4.69. The molecule has 136 valence electrons. The average Bonchev–Trinajstić information content (AvgIpc) is 3.27. The highest BCUT2D eigenvalue weighted by atomic mass is 19.1. The Kier molecular flexibility index (Phi) is 3.94. The number of aryl methyl sites for hydroxylation is 2. The third kappa shape index (κ3) is 2.12. The van der Waals surface area contributed by atoms with E-state index in [4.69, 9.17) is 0 Å². The number of carbonyl (C=O) groups is 1. The van der Waals surface area contributed by atoms with E-state index in [1.807, 2.05) is 38.1 Å². The SMILES string of the molecule is CCCCc1ccc([C@@]2(CF)C[C@]23C(=O)Nc2c3ccc(C)c2C)cc1. The van der Waals surface area contributed by atoms with Gasteiger partial charge in [-0.05, 0) is 60.9 Å². The number of nitrogens with one attached hydrogen (secondary N) is 1. The Morgan fingerprint density at radius 1 is 1.12 bits per heavy atom. The third-order valence-electron chi connectivity index (χ3n) is 6.63. The van der Waals surface area contributed by atoms with Crippen LogP contribution in [0.25, 0.3) is 0 Å². The molecule has 0 radical (unpaired) electrons. The van der Waals surface area contributed by atoms with Crippen molar-refractivity contribution in [2.45, 2.75) is 57.3 Å². The van der Waals surface area contributed by atoms with Gasteiger partial charge in [0.05, 0.1) is 5.41 Å². The number of rotatable bonds is 5. The van der Waals surface area contributed by atoms with Gasteiger partial charge in [-0.1, -0.05) is 49.7 Å². The van der Waals surface area contributed by atoms with E-state index in [0.717, 1.165) is 47.2 Å². The lowest BCUT2D eigenvalue weighted by atomic mass is 9.82. The maximum Gasteiger partial charge on any atom is 0.236 e. The van der Waals surface area contributed by atoms with E-state index in [9.17, 15) is 9.18 Å². The van der Waals surface area contributed by atoms with Gasteiger partial charge >= 0.3 is 0 Å². The Bertz CT molecular complexity index is 873. The van der Waals surface area contributed by atoms with Crippen LogP contribution in [0.3, 0.4) is 0 Å². The average molecular weight is 351 g/mol. The lowest BCUT2D eigenvalue weighted by Gasteiger charge is -2.20. The summed E-state index contributed by atoms with van der Waals surface area (Å²) in [5.74, 6) is -0.0473. The summed E-state index contributed by atoms with van der Waals surface area (Å²) in [4.78, 5) is 13.0. The first kappa shape index (κ1) is 17.3. The van der Waals surface area contributed by atoms with Crippen molar-refractivity contribution < 1.29 is 9.18 Å². The number of hydrogen-bond acceptors (Lipinski definition) is 1. The van der Waals surface area contributed by atoms with Gasteiger partial charge in [-0.3, -0.25) is 9.18 Å². The van der Waals surface area contributed by atoms with Crippen LogP contribution in [-0.4, -0.2) is 12.6 Å². The van der Waals surface area contributed by atoms with Crippen molar-refractivity contribution in [3.05, 3.63) is 64.2 Å². The van der Waals surface area contributed by atoms with Crippen LogP contribution in [0.4, 0.5) is 10.1 Å². The van der Waals surface area contributed by atoms with Crippen molar-refractivity contribution in [1.29, 1.82) is 0 Å². The maximum atomic E-state index is 14.4. The van der Waals surface area contributed by atoms with Gasteiger partial charge in [-0.25, -0.2) is 0 Å². The number of fused-ring (bicyclic) bond motifs is 2. The maximum absolute atomic E-state index is 14.4. The zero-order valence-corrected chi connectivity index (χ0v) is 15.8. The molecular weight excluding hydrogens is 325 g/mol. The minimum atomic E-state index is -0.750. The van der Waals surface area contributed by atoms with Gasteiger partial charge < -0.3 is 5.32 Å². The summed E-state index contributed by atoms with van der Waals surface area (Å²) in [6.45, 7) is 5.73. The Morgan fingerprint density at radius 3 is 2.50 bits per heavy atom. The molecule has 1 aliphatic heterocycles. The molecule has 2 nitrogen and oxygen atoms in total. The molecule has 2 aromatic carbocycles. The first-order chi connectivity index (χ1) is 12.5. The highest BCUT2D eigenvalue weighted by molar-refractivity contribution is 6.11. The van der Waals surface area contributed by atoms with Gasteiger partial charge in [0.1, 0.15) is 6.67 Å². The number of anilines is 1. The number of unbranched alkanes of at least 4 members (excludes halogenated alkanes) is 1. The molecule has 1 spiro atoms. The van der Waals surface area contributed by atoms with Gasteiger partial charge in [0, 0.05) is 11.1 Å². The van der Waals surface area contributed by atoms with Crippen LogP contribution in [-0.2, 0) is 22.0 Å². The molecule has 2 aliphatic rings. The van der Waals surface area contributed by atoms with Crippen LogP contribution in [0.5, 0.6) is 0 Å². The first-order valence-corrected chi connectivity index (χ1v) is 9.57. The lowest BCUT2D eigenvalue weighted by molar-refractivity contribution is -0.118. The molecule has 26 heavy (non-hydrogen) atoms. The second-order valence-electron chi connectivity index (χ2n) is 7.98. The van der Waals surface area contributed by atoms with Crippen molar-refractivity contribution in [2.24, 2.45) is 0 Å². The van der Waals surface area contributed by atoms with E-state index in [0.29, 0.717) is 6.42 Å². The van der Waals surface area contributed by atoms with Crippen molar-refractivity contribution in [3.8, 4) is 0 Å². The smallest absolute Gasteiger partial charge is 0.236 e. The standard InChI is InChI=1S/C23H26FNO/c1-4-5-6-17-8-10-18(11-9-17)22(14-24)13-23(22)19-12-7-15(2)16(3)20(19)25-21(23)26/h7-12H,4-6,13-14H2,1-3H3,(H,25,26)/t22-,23-/m0/s1. The van der Waals surface area contributed by atoms with Crippen LogP contribution in [0.1, 0.15) is 54.0 Å². The summed E-state index contributed by atoms with van der Waals surface area (Å²) in [5, 5.41) is 3.05. The molecule has 0 bridgehead atoms. The van der Waals surface area contributed by atoms with E-state index in [1.54, 1.807) is 0 Å². The minimum absolute atomic E-state index is 0.0473. The van der Waals surface area contributed by atoms with Crippen molar-refractivity contribution in [1.82, 2.24) is 0 Å². The molecule has 4 rings (SSSR count). The fraction of sp³-hybridized carbons (Fsp3) is 0.435. The molecule has 0 saturated heterocycles. The molecule has 1 aliphatic carbocycles. The predicted octanol–water partition coefficient (Wildman–Crippen LogP) is 5.15. The molecule has 1 fully saturated rings. The van der Waals surface area contributed by atoms with E-state index in [1.165, 1.54) is 5.56 Å². The van der Waals surface area contributed by atoms with Gasteiger partial charge in [0.15, 0.2) is 0 Å². The topological polar surface area (TPSA) is 29.1 Å². The summed E-state index contributed by atoms with van der Waals surface area (Å²) in [7, 11) is 0. The number of amides is 1. The molecule has 1 amide bonds. The van der Waals surface area contributed by atoms with Crippen molar-refractivity contribution >= 4 is 11.6 Å². The Balaban J connectivity index is 1.75. The van der Waals surface area contributed by atoms with Crippen molar-refractivity contribution in [3.63, 3.8) is 0 Å². The minimum Gasteiger partial charge on any atom is -0.325 e. The molecule has 0 aromatic heterocycles. The fourth-order valence-electron chi connectivity index (χ4n) is 4.69. The zero-order chi connectivity index (χ0) is 18.5. The quantitative estimate of drug-likeness (QED) is 0.793. The van der Waals surface area contributed by atoms with E-state index >= 15 is 0 Å². The normalized spacial score (nSPS) is 26.1. The van der Waals surface area contributed by atoms with Crippen molar-refractivity contribution in [2.75, 3.05) is 12.0 Å². The summed E-state index contributed by atoms with van der Waals surface area (Å²) >= 11 is 0. The highest BCUT2D eigenvalue weighted by Gasteiger charge is 2.76. The summed E-state index contributed by atoms with van der Waals surface area (Å²) in [6.07, 6.45) is 3.92. The molecule has 2 atom stereocenters. The highest BCUT2D eigenvalue weighted by Crippen LogP contribution is 2.69. The van der Waals surface area contributed by atoms with Crippen LogP contribution < -0.4 is 5.32 Å². The van der Waals surface area contributed by atoms with Crippen LogP contribution in [0.2, 0.25) is 0 Å². The van der Waals surface area contributed by atoms with Crippen LogP contribution in [0.15, 0.2) is 36.4 Å². The third-order valence-corrected chi connectivity index (χ3v) is 6.63. The number of halogens is 1. The number of alkyl halides is 1. The zero-order valence-electron chi connectivity index (χ0n) is 15.8. The molecule has 1 heterocycles. The largest absolute Gasteiger partial charge is 0.325 e. The van der Waals surface area contributed by atoms with Gasteiger partial charge in [-0.15, -0.1) is 0 Å².